The van der Waals surface area contributed by atoms with Crippen LogP contribution in [-0.2, 0) is 6.54 Å². The van der Waals surface area contributed by atoms with Crippen LogP contribution >= 0.6 is 0 Å². The minimum absolute atomic E-state index is 0.568. The predicted molar refractivity (Wildman–Crippen MR) is 65.1 cm³/mol. The number of aryl methyl sites for hydroxylation is 1. The molecule has 15 heavy (non-hydrogen) atoms. The van der Waals surface area contributed by atoms with E-state index in [4.69, 9.17) is 0 Å². The van der Waals surface area contributed by atoms with Crippen LogP contribution in [-0.4, -0.2) is 6.04 Å². The Labute approximate surface area is 92.9 Å². The molecule has 1 fully saturated rings. The van der Waals surface area contributed by atoms with Gasteiger partial charge in [0, 0.05) is 12.6 Å². The van der Waals surface area contributed by atoms with Crippen LogP contribution in [0.5, 0.6) is 0 Å². The summed E-state index contributed by atoms with van der Waals surface area (Å²) >= 11 is 0. The van der Waals surface area contributed by atoms with Crippen molar-refractivity contribution in [1.29, 1.82) is 0 Å². The Hall–Kier alpha value is -0.820. The van der Waals surface area contributed by atoms with E-state index in [9.17, 15) is 0 Å². The Balaban J connectivity index is 2.14. The largest absolute Gasteiger partial charge is 0.310 e. The second-order valence-corrected chi connectivity index (χ2v) is 5.01. The first-order chi connectivity index (χ1) is 7.16. The van der Waals surface area contributed by atoms with Gasteiger partial charge in [-0.3, -0.25) is 0 Å². The van der Waals surface area contributed by atoms with E-state index < -0.39 is 0 Å². The molecule has 1 aliphatic rings. The van der Waals surface area contributed by atoms with Crippen molar-refractivity contribution in [3.63, 3.8) is 0 Å². The lowest BCUT2D eigenvalue weighted by Gasteiger charge is -2.13. The average molecular weight is 203 g/mol. The zero-order valence-corrected chi connectivity index (χ0v) is 10.0. The highest BCUT2D eigenvalue weighted by molar-refractivity contribution is 5.36. The van der Waals surface area contributed by atoms with Crippen molar-refractivity contribution in [3.05, 3.63) is 34.9 Å². The number of rotatable bonds is 4. The van der Waals surface area contributed by atoms with Crippen LogP contribution in [0.3, 0.4) is 0 Å². The van der Waals surface area contributed by atoms with Gasteiger partial charge < -0.3 is 5.32 Å². The fourth-order valence-corrected chi connectivity index (χ4v) is 1.96. The molecule has 1 N–H and O–H groups in total. The summed E-state index contributed by atoms with van der Waals surface area (Å²) < 4.78 is 0. The van der Waals surface area contributed by atoms with Crippen molar-refractivity contribution >= 4 is 0 Å². The van der Waals surface area contributed by atoms with E-state index in [0.29, 0.717) is 6.04 Å². The van der Waals surface area contributed by atoms with Crippen molar-refractivity contribution in [1.82, 2.24) is 5.32 Å². The third-order valence-corrected chi connectivity index (χ3v) is 3.02. The second kappa shape index (κ2) is 4.36. The van der Waals surface area contributed by atoms with Crippen LogP contribution in [0.1, 0.15) is 49.3 Å². The first-order valence-electron chi connectivity index (χ1n) is 5.99. The van der Waals surface area contributed by atoms with Crippen LogP contribution in [0.25, 0.3) is 0 Å². The van der Waals surface area contributed by atoms with Gasteiger partial charge in [-0.15, -0.1) is 0 Å². The summed E-state index contributed by atoms with van der Waals surface area (Å²) in [5.74, 6) is 0.855. The lowest BCUT2D eigenvalue weighted by molar-refractivity contribution is 0.586. The maximum atomic E-state index is 3.50. The monoisotopic (exact) mass is 203 g/mol. The van der Waals surface area contributed by atoms with E-state index in [1.807, 2.05) is 0 Å². The molecule has 0 atom stereocenters. The quantitative estimate of drug-likeness (QED) is 0.791. The highest BCUT2D eigenvalue weighted by Crippen LogP contribution is 2.41. The molecule has 1 nitrogen and oxygen atoms in total. The Kier molecular flexibility index (Phi) is 3.11. The number of nitrogens with one attached hydrogen (secondary N) is 1. The Morgan fingerprint density at radius 2 is 2.07 bits per heavy atom. The molecular formula is C14H21N. The van der Waals surface area contributed by atoms with Gasteiger partial charge in [-0.25, -0.2) is 0 Å². The average Bonchev–Trinajstić information content (AvgIpc) is 2.98. The molecule has 0 amide bonds. The van der Waals surface area contributed by atoms with E-state index >= 15 is 0 Å². The molecule has 0 spiro atoms. The molecule has 0 aromatic heterocycles. The molecule has 0 heterocycles. The molecule has 82 valence electrons. The number of hydrogen-bond acceptors (Lipinski definition) is 1. The normalized spacial score (nSPS) is 16.0. The molecule has 0 unspecified atom stereocenters. The van der Waals surface area contributed by atoms with Gasteiger partial charge in [0.05, 0.1) is 0 Å². The maximum absolute atomic E-state index is 3.50. The SMILES string of the molecule is Cc1ccc(CNC(C)C)c(C2CC2)c1. The van der Waals surface area contributed by atoms with Gasteiger partial charge in [0.1, 0.15) is 0 Å². The molecule has 1 aliphatic carbocycles. The third kappa shape index (κ3) is 2.82. The van der Waals surface area contributed by atoms with Crippen LogP contribution in [0.2, 0.25) is 0 Å². The van der Waals surface area contributed by atoms with Crippen molar-refractivity contribution in [2.45, 2.75) is 52.1 Å². The van der Waals surface area contributed by atoms with Gasteiger partial charge in [0.15, 0.2) is 0 Å². The summed E-state index contributed by atoms with van der Waals surface area (Å²) in [6.07, 6.45) is 2.77. The van der Waals surface area contributed by atoms with Crippen molar-refractivity contribution in [2.75, 3.05) is 0 Å². The molecule has 0 radical (unpaired) electrons. The summed E-state index contributed by atoms with van der Waals surface area (Å²) in [7, 11) is 0. The highest BCUT2D eigenvalue weighted by atomic mass is 14.9. The lowest BCUT2D eigenvalue weighted by Crippen LogP contribution is -2.22. The number of benzene rings is 1. The molecule has 1 aromatic carbocycles. The van der Waals surface area contributed by atoms with Crippen molar-refractivity contribution in [2.24, 2.45) is 0 Å². The van der Waals surface area contributed by atoms with Gasteiger partial charge in [-0.2, -0.15) is 0 Å². The third-order valence-electron chi connectivity index (χ3n) is 3.02. The van der Waals surface area contributed by atoms with Gasteiger partial charge in [-0.05, 0) is 36.8 Å². The smallest absolute Gasteiger partial charge is 0.0210 e. The second-order valence-electron chi connectivity index (χ2n) is 5.01. The predicted octanol–water partition coefficient (Wildman–Crippen LogP) is 3.37. The Morgan fingerprint density at radius 3 is 2.67 bits per heavy atom. The highest BCUT2D eigenvalue weighted by Gasteiger charge is 2.25. The minimum atomic E-state index is 0.568. The van der Waals surface area contributed by atoms with Crippen LogP contribution < -0.4 is 5.32 Å². The maximum Gasteiger partial charge on any atom is 0.0210 e. The molecular weight excluding hydrogens is 182 g/mol. The first kappa shape index (κ1) is 10.7. The Bertz CT molecular complexity index is 337. The summed E-state index contributed by atoms with van der Waals surface area (Å²) in [5, 5.41) is 3.50. The summed E-state index contributed by atoms with van der Waals surface area (Å²) in [5.41, 5.74) is 4.48. The zero-order valence-electron chi connectivity index (χ0n) is 10.0. The summed E-state index contributed by atoms with van der Waals surface area (Å²) in [4.78, 5) is 0. The standard InChI is InChI=1S/C14H21N/c1-10(2)15-9-13-5-4-11(3)8-14(13)12-6-7-12/h4-5,8,10,12,15H,6-7,9H2,1-3H3. The van der Waals surface area contributed by atoms with E-state index in [0.717, 1.165) is 12.5 Å². The van der Waals surface area contributed by atoms with Gasteiger partial charge in [-0.1, -0.05) is 37.6 Å². The van der Waals surface area contributed by atoms with Gasteiger partial charge >= 0.3 is 0 Å². The molecule has 1 heteroatoms. The van der Waals surface area contributed by atoms with E-state index in [-0.39, 0.29) is 0 Å². The molecule has 0 saturated heterocycles. The summed E-state index contributed by atoms with van der Waals surface area (Å²) in [6.45, 7) is 7.60. The fraction of sp³-hybridized carbons (Fsp3) is 0.571. The topological polar surface area (TPSA) is 12.0 Å². The van der Waals surface area contributed by atoms with Crippen molar-refractivity contribution in [3.8, 4) is 0 Å². The van der Waals surface area contributed by atoms with E-state index in [1.165, 1.54) is 24.0 Å². The van der Waals surface area contributed by atoms with Gasteiger partial charge in [0.25, 0.3) is 0 Å². The summed E-state index contributed by atoms with van der Waals surface area (Å²) in [6, 6.07) is 7.45. The molecule has 1 aromatic rings. The molecule has 0 aliphatic heterocycles. The van der Waals surface area contributed by atoms with Crippen LogP contribution in [0.15, 0.2) is 18.2 Å². The molecule has 1 saturated carbocycles. The van der Waals surface area contributed by atoms with Crippen LogP contribution in [0, 0.1) is 6.92 Å². The molecule has 0 bridgehead atoms. The molecule has 2 rings (SSSR count). The van der Waals surface area contributed by atoms with Crippen LogP contribution in [0.4, 0.5) is 0 Å². The lowest BCUT2D eigenvalue weighted by atomic mass is 10.0. The number of hydrogen-bond donors (Lipinski definition) is 1. The van der Waals surface area contributed by atoms with E-state index in [1.54, 1.807) is 5.56 Å². The zero-order chi connectivity index (χ0) is 10.8. The Morgan fingerprint density at radius 1 is 1.33 bits per heavy atom. The minimum Gasteiger partial charge on any atom is -0.310 e. The van der Waals surface area contributed by atoms with E-state index in [2.05, 4.69) is 44.3 Å². The fourth-order valence-electron chi connectivity index (χ4n) is 1.96. The first-order valence-corrected chi connectivity index (χ1v) is 5.99. The van der Waals surface area contributed by atoms with Crippen molar-refractivity contribution < 1.29 is 0 Å². The van der Waals surface area contributed by atoms with Gasteiger partial charge in [0.2, 0.25) is 0 Å².